The van der Waals surface area contributed by atoms with Crippen LogP contribution in [-0.4, -0.2) is 12.1 Å². The molecule has 0 aliphatic carbocycles. The molecular weight excluding hydrogens is 126 g/mol. The van der Waals surface area contributed by atoms with Gasteiger partial charge in [-0.1, -0.05) is 0 Å². The van der Waals surface area contributed by atoms with Crippen LogP contribution in [0.1, 0.15) is 0 Å². The molecule has 0 atom stereocenters. The molecule has 0 spiro atoms. The van der Waals surface area contributed by atoms with Gasteiger partial charge in [0.15, 0.2) is 0 Å². The number of nitriles is 1. The van der Waals surface area contributed by atoms with E-state index >= 15 is 0 Å². The summed E-state index contributed by atoms with van der Waals surface area (Å²) in [7, 11) is 0. The second-order valence-electron chi connectivity index (χ2n) is 1.57. The molecule has 0 amide bonds. The molecule has 0 saturated carbocycles. The van der Waals surface area contributed by atoms with Gasteiger partial charge in [-0.05, 0) is 0 Å². The van der Waals surface area contributed by atoms with Crippen molar-refractivity contribution in [2.24, 2.45) is 4.99 Å². The topological polar surface area (TPSA) is 36.1 Å². The van der Waals surface area contributed by atoms with E-state index in [1.54, 1.807) is 0 Å². The summed E-state index contributed by atoms with van der Waals surface area (Å²) >= 11 is 0. The largest absolute Gasteiger partial charge is 0.304 e. The highest BCUT2D eigenvalue weighted by molar-refractivity contribution is 5.75. The Morgan fingerprint density at radius 3 is 2.56 bits per heavy atom. The molecule has 1 aliphatic heterocycles. The fourth-order valence-electron chi connectivity index (χ4n) is 0.474. The zero-order valence-corrected chi connectivity index (χ0v) is 4.31. The van der Waals surface area contributed by atoms with Gasteiger partial charge in [0, 0.05) is 6.08 Å². The highest BCUT2D eigenvalue weighted by atomic mass is 19.3. The lowest BCUT2D eigenvalue weighted by molar-refractivity contribution is 0.143. The van der Waals surface area contributed by atoms with E-state index in [4.69, 9.17) is 5.26 Å². The van der Waals surface area contributed by atoms with Crippen molar-refractivity contribution in [1.82, 2.24) is 0 Å². The third-order valence-electron chi connectivity index (χ3n) is 0.819. The van der Waals surface area contributed by atoms with E-state index in [0.717, 1.165) is 0 Å². The molecule has 2 nitrogen and oxygen atoms in total. The maximum Gasteiger partial charge on any atom is 0.304 e. The van der Waals surface area contributed by atoms with Crippen LogP contribution in [0.4, 0.5) is 8.78 Å². The molecule has 1 heterocycles. The molecule has 0 saturated heterocycles. The summed E-state index contributed by atoms with van der Waals surface area (Å²) in [5.74, 6) is -3.01. The van der Waals surface area contributed by atoms with Crippen molar-refractivity contribution in [2.45, 2.75) is 5.92 Å². The molecule has 0 bridgehead atoms. The van der Waals surface area contributed by atoms with Crippen LogP contribution in [0.5, 0.6) is 0 Å². The van der Waals surface area contributed by atoms with E-state index in [9.17, 15) is 8.78 Å². The van der Waals surface area contributed by atoms with Crippen molar-refractivity contribution >= 4 is 6.21 Å². The highest BCUT2D eigenvalue weighted by Gasteiger charge is 2.28. The van der Waals surface area contributed by atoms with Crippen molar-refractivity contribution in [3.05, 3.63) is 11.8 Å². The maximum atomic E-state index is 12.0. The van der Waals surface area contributed by atoms with Crippen LogP contribution in [0.15, 0.2) is 16.8 Å². The van der Waals surface area contributed by atoms with Crippen molar-refractivity contribution in [3.8, 4) is 6.07 Å². The molecule has 0 aromatic heterocycles. The van der Waals surface area contributed by atoms with Gasteiger partial charge in [-0.2, -0.15) is 14.0 Å². The normalized spacial score (nSPS) is 21.2. The second-order valence-corrected chi connectivity index (χ2v) is 1.57. The zero-order chi connectivity index (χ0) is 6.91. The van der Waals surface area contributed by atoms with Crippen LogP contribution in [-0.2, 0) is 0 Å². The molecule has 46 valence electrons. The molecular formula is C5H2F2N2. The fraction of sp³-hybridized carbons (Fsp3) is 0.200. The molecule has 4 heteroatoms. The fourth-order valence-corrected chi connectivity index (χ4v) is 0.474. The summed E-state index contributed by atoms with van der Waals surface area (Å²) in [5.41, 5.74) is -0.222. The van der Waals surface area contributed by atoms with Crippen molar-refractivity contribution in [2.75, 3.05) is 0 Å². The highest BCUT2D eigenvalue weighted by Crippen LogP contribution is 2.20. The lowest BCUT2D eigenvalue weighted by Crippen LogP contribution is -2.09. The van der Waals surface area contributed by atoms with Crippen LogP contribution in [0.2, 0.25) is 0 Å². The molecule has 1 rings (SSSR count). The van der Waals surface area contributed by atoms with E-state index < -0.39 is 5.92 Å². The summed E-state index contributed by atoms with van der Waals surface area (Å²) in [6, 6.07) is 1.50. The van der Waals surface area contributed by atoms with Crippen LogP contribution < -0.4 is 0 Å². The molecule has 0 fully saturated rings. The first-order valence-electron chi connectivity index (χ1n) is 2.20. The Morgan fingerprint density at radius 1 is 1.67 bits per heavy atom. The van der Waals surface area contributed by atoms with Gasteiger partial charge in [-0.25, -0.2) is 4.99 Å². The minimum Gasteiger partial charge on any atom is -0.243 e. The number of aliphatic imine (C=N–C) groups is 1. The number of allylic oxidation sites excluding steroid dienone is 2. The van der Waals surface area contributed by atoms with Gasteiger partial charge in [0.2, 0.25) is 0 Å². The standard InChI is InChI=1S/C5H2F2N2/c6-5(7)1-4(2-8)9-3-5/h1,3H. The Labute approximate surface area is 50.1 Å². The molecule has 0 radical (unpaired) electrons. The molecule has 0 aromatic rings. The van der Waals surface area contributed by atoms with Gasteiger partial charge in [-0.15, -0.1) is 0 Å². The van der Waals surface area contributed by atoms with E-state index in [1.165, 1.54) is 6.07 Å². The average Bonchev–Trinajstić information content (AvgIpc) is 2.10. The minimum atomic E-state index is -3.01. The van der Waals surface area contributed by atoms with Gasteiger partial charge in [0.1, 0.15) is 11.8 Å². The number of alkyl halides is 2. The van der Waals surface area contributed by atoms with Crippen LogP contribution in [0.25, 0.3) is 0 Å². The van der Waals surface area contributed by atoms with E-state index in [0.29, 0.717) is 12.3 Å². The second kappa shape index (κ2) is 1.62. The number of rotatable bonds is 0. The number of hydrogen-bond acceptors (Lipinski definition) is 2. The smallest absolute Gasteiger partial charge is 0.243 e. The van der Waals surface area contributed by atoms with E-state index in [-0.39, 0.29) is 5.70 Å². The van der Waals surface area contributed by atoms with Gasteiger partial charge < -0.3 is 0 Å². The first kappa shape index (κ1) is 5.89. The summed E-state index contributed by atoms with van der Waals surface area (Å²) in [4.78, 5) is 3.13. The predicted octanol–water partition coefficient (Wildman–Crippen LogP) is 1.11. The van der Waals surface area contributed by atoms with Crippen molar-refractivity contribution in [1.29, 1.82) is 5.26 Å². The van der Waals surface area contributed by atoms with Gasteiger partial charge in [0.05, 0.1) is 6.21 Å². The number of nitrogens with zero attached hydrogens (tertiary/aromatic N) is 2. The molecule has 9 heavy (non-hydrogen) atoms. The van der Waals surface area contributed by atoms with Crippen LogP contribution in [0.3, 0.4) is 0 Å². The molecule has 0 unspecified atom stereocenters. The van der Waals surface area contributed by atoms with E-state index in [1.807, 2.05) is 0 Å². The minimum absolute atomic E-state index is 0.222. The Balaban J connectivity index is 2.90. The summed E-state index contributed by atoms with van der Waals surface area (Å²) in [5, 5.41) is 8.03. The third-order valence-corrected chi connectivity index (χ3v) is 0.819. The lowest BCUT2D eigenvalue weighted by Gasteiger charge is -1.94. The third kappa shape index (κ3) is 1.11. The molecule has 0 N–H and O–H groups in total. The molecule has 1 aliphatic rings. The first-order valence-corrected chi connectivity index (χ1v) is 2.20. The van der Waals surface area contributed by atoms with Crippen molar-refractivity contribution in [3.63, 3.8) is 0 Å². The Bertz CT molecular complexity index is 222. The zero-order valence-electron chi connectivity index (χ0n) is 4.31. The lowest BCUT2D eigenvalue weighted by atomic mass is 10.3. The number of halogens is 2. The molecule has 0 aromatic carbocycles. The Kier molecular flexibility index (Phi) is 1.06. The Hall–Kier alpha value is -1.24. The van der Waals surface area contributed by atoms with E-state index in [2.05, 4.69) is 4.99 Å². The summed E-state index contributed by atoms with van der Waals surface area (Å²) in [6.45, 7) is 0. The predicted molar refractivity (Wildman–Crippen MR) is 27.1 cm³/mol. The first-order chi connectivity index (χ1) is 4.14. The quantitative estimate of drug-likeness (QED) is 0.481. The van der Waals surface area contributed by atoms with Crippen LogP contribution in [0, 0.1) is 11.3 Å². The maximum absolute atomic E-state index is 12.0. The Morgan fingerprint density at radius 2 is 2.33 bits per heavy atom. The van der Waals surface area contributed by atoms with Gasteiger partial charge in [0.25, 0.3) is 0 Å². The summed E-state index contributed by atoms with van der Waals surface area (Å²) < 4.78 is 24.0. The van der Waals surface area contributed by atoms with Gasteiger partial charge in [-0.3, -0.25) is 0 Å². The SMILES string of the molecule is N#CC1=CC(F)(F)C=N1. The van der Waals surface area contributed by atoms with Gasteiger partial charge >= 0.3 is 5.92 Å². The van der Waals surface area contributed by atoms with Crippen molar-refractivity contribution < 1.29 is 8.78 Å². The summed E-state index contributed by atoms with van der Waals surface area (Å²) in [6.07, 6.45) is 0.971. The number of hydrogen-bond donors (Lipinski definition) is 0. The van der Waals surface area contributed by atoms with Crippen LogP contribution >= 0.6 is 0 Å². The monoisotopic (exact) mass is 128 g/mol. The average molecular weight is 128 g/mol.